The molecule has 0 atom stereocenters. The molecule has 0 aliphatic carbocycles. The number of hydrogen-bond donors (Lipinski definition) is 0. The van der Waals surface area contributed by atoms with Crippen molar-refractivity contribution in [2.75, 3.05) is 0 Å². The molecule has 0 saturated carbocycles. The van der Waals surface area contributed by atoms with Gasteiger partial charge in [0, 0.05) is 12.4 Å². The van der Waals surface area contributed by atoms with Gasteiger partial charge < -0.3 is 0 Å². The van der Waals surface area contributed by atoms with Crippen molar-refractivity contribution < 1.29 is 0 Å². The molecule has 0 fully saturated rings. The Balaban J connectivity index is 0. The van der Waals surface area contributed by atoms with E-state index in [9.17, 15) is 0 Å². The Labute approximate surface area is 71.2 Å². The van der Waals surface area contributed by atoms with Gasteiger partial charge in [-0.25, -0.2) is 0 Å². The highest BCUT2D eigenvalue weighted by Crippen LogP contribution is 2.01. The number of nitrogens with zero attached hydrogens (tertiary/aromatic N) is 1. The monoisotopic (exact) mass is 155 g/mol. The lowest BCUT2D eigenvalue weighted by Crippen LogP contribution is -1.72. The van der Waals surface area contributed by atoms with Gasteiger partial charge >= 0.3 is 0 Å². The highest BCUT2D eigenvalue weighted by atomic mass is 14.7. The second-order valence-corrected chi connectivity index (χ2v) is 2.13. The molecule has 0 bridgehead atoms. The molecule has 0 unspecified atom stereocenters. The largest absolute Gasteiger partial charge is 0.269 e. The maximum atomic E-state index is 4.00. The Hall–Kier alpha value is -0.590. The van der Waals surface area contributed by atoms with Crippen molar-refractivity contribution in [1.82, 2.24) is 0 Å². The van der Waals surface area contributed by atoms with E-state index in [4.69, 9.17) is 0 Å². The standard InChI is InChI=1S/C8H15N.C2H6/c1-4-6-8(3)7-9-5-2;1-2/h5,7H,4,6H2,1-3H3;1-2H3/b8-7+,9-5?;. The molecule has 0 N–H and O–H groups in total. The van der Waals surface area contributed by atoms with Crippen molar-refractivity contribution in [1.29, 1.82) is 0 Å². The average Bonchev–Trinajstić information content (AvgIpc) is 2.05. The van der Waals surface area contributed by atoms with Gasteiger partial charge in [0.15, 0.2) is 0 Å². The third kappa shape index (κ3) is 12.6. The zero-order chi connectivity index (χ0) is 9.11. The fourth-order valence-electron chi connectivity index (χ4n) is 0.661. The Morgan fingerprint density at radius 3 is 2.27 bits per heavy atom. The zero-order valence-corrected chi connectivity index (χ0v) is 8.52. The molecule has 1 nitrogen and oxygen atoms in total. The van der Waals surface area contributed by atoms with Crippen molar-refractivity contribution in [3.8, 4) is 0 Å². The summed E-state index contributed by atoms with van der Waals surface area (Å²) < 4.78 is 0. The van der Waals surface area contributed by atoms with E-state index in [-0.39, 0.29) is 0 Å². The summed E-state index contributed by atoms with van der Waals surface area (Å²) in [6.45, 7) is 10.2. The quantitative estimate of drug-likeness (QED) is 0.550. The summed E-state index contributed by atoms with van der Waals surface area (Å²) in [4.78, 5) is 4.00. The molecule has 0 aromatic rings. The van der Waals surface area contributed by atoms with Crippen molar-refractivity contribution >= 4 is 6.21 Å². The van der Waals surface area contributed by atoms with Crippen LogP contribution in [-0.2, 0) is 0 Å². The number of rotatable bonds is 3. The minimum Gasteiger partial charge on any atom is -0.269 e. The van der Waals surface area contributed by atoms with E-state index in [0.717, 1.165) is 6.42 Å². The first kappa shape index (κ1) is 13.0. The molecule has 0 aromatic heterocycles. The highest BCUT2D eigenvalue weighted by Gasteiger charge is 1.82. The van der Waals surface area contributed by atoms with Gasteiger partial charge in [-0.15, -0.1) is 0 Å². The van der Waals surface area contributed by atoms with Crippen LogP contribution < -0.4 is 0 Å². The molecule has 0 saturated heterocycles. The Morgan fingerprint density at radius 2 is 1.91 bits per heavy atom. The highest BCUT2D eigenvalue weighted by molar-refractivity contribution is 5.54. The van der Waals surface area contributed by atoms with E-state index in [1.165, 1.54) is 12.0 Å². The van der Waals surface area contributed by atoms with E-state index < -0.39 is 0 Å². The molecule has 11 heavy (non-hydrogen) atoms. The molecular weight excluding hydrogens is 134 g/mol. The normalized spacial score (nSPS) is 11.2. The Kier molecular flexibility index (Phi) is 14.4. The van der Waals surface area contributed by atoms with Crippen LogP contribution in [-0.4, -0.2) is 6.21 Å². The summed E-state index contributed by atoms with van der Waals surface area (Å²) in [6.07, 6.45) is 6.10. The Morgan fingerprint density at radius 1 is 1.36 bits per heavy atom. The topological polar surface area (TPSA) is 12.4 Å². The molecular formula is C10H21N. The van der Waals surface area contributed by atoms with Crippen molar-refractivity contribution in [2.45, 2.75) is 47.5 Å². The van der Waals surface area contributed by atoms with Crippen LogP contribution in [0.1, 0.15) is 47.5 Å². The van der Waals surface area contributed by atoms with Crippen LogP contribution in [0.2, 0.25) is 0 Å². The van der Waals surface area contributed by atoms with Gasteiger partial charge in [-0.05, 0) is 20.3 Å². The zero-order valence-electron chi connectivity index (χ0n) is 8.52. The van der Waals surface area contributed by atoms with Gasteiger partial charge in [0.05, 0.1) is 0 Å². The fraction of sp³-hybridized carbons (Fsp3) is 0.700. The molecule has 0 rings (SSSR count). The third-order valence-electron chi connectivity index (χ3n) is 1.09. The first-order valence-corrected chi connectivity index (χ1v) is 4.44. The SMILES string of the molecule is CC.CC=N/C=C(\C)CCC. The van der Waals surface area contributed by atoms with Crippen LogP contribution in [0, 0.1) is 0 Å². The predicted octanol–water partition coefficient (Wildman–Crippen LogP) is 3.81. The maximum absolute atomic E-state index is 4.00. The summed E-state index contributed by atoms with van der Waals surface area (Å²) in [6, 6.07) is 0. The van der Waals surface area contributed by atoms with Gasteiger partial charge in [-0.2, -0.15) is 0 Å². The molecule has 0 spiro atoms. The summed E-state index contributed by atoms with van der Waals surface area (Å²) in [5.74, 6) is 0. The fourth-order valence-corrected chi connectivity index (χ4v) is 0.661. The summed E-state index contributed by atoms with van der Waals surface area (Å²) >= 11 is 0. The predicted molar refractivity (Wildman–Crippen MR) is 54.2 cm³/mol. The van der Waals surface area contributed by atoms with Crippen LogP contribution >= 0.6 is 0 Å². The minimum atomic E-state index is 1.16. The van der Waals surface area contributed by atoms with Crippen molar-refractivity contribution in [3.05, 3.63) is 11.8 Å². The smallest absolute Gasteiger partial charge is 0.0252 e. The van der Waals surface area contributed by atoms with Crippen LogP contribution in [0.15, 0.2) is 16.8 Å². The first-order valence-electron chi connectivity index (χ1n) is 4.44. The van der Waals surface area contributed by atoms with Gasteiger partial charge in [0.1, 0.15) is 0 Å². The number of allylic oxidation sites excluding steroid dienone is 1. The summed E-state index contributed by atoms with van der Waals surface area (Å²) in [7, 11) is 0. The van der Waals surface area contributed by atoms with E-state index in [1.54, 1.807) is 6.21 Å². The molecule has 66 valence electrons. The van der Waals surface area contributed by atoms with Crippen LogP contribution in [0.4, 0.5) is 0 Å². The lowest BCUT2D eigenvalue weighted by Gasteiger charge is -1.91. The first-order chi connectivity index (χ1) is 5.31. The van der Waals surface area contributed by atoms with E-state index >= 15 is 0 Å². The lowest BCUT2D eigenvalue weighted by molar-refractivity contribution is 0.901. The minimum absolute atomic E-state index is 1.16. The van der Waals surface area contributed by atoms with Crippen LogP contribution in [0.3, 0.4) is 0 Å². The number of aliphatic imine (C=N–C) groups is 1. The van der Waals surface area contributed by atoms with E-state index in [0.29, 0.717) is 0 Å². The van der Waals surface area contributed by atoms with Gasteiger partial charge in [-0.1, -0.05) is 32.8 Å². The molecule has 0 aliphatic heterocycles. The molecule has 0 amide bonds. The second kappa shape index (κ2) is 12.1. The van der Waals surface area contributed by atoms with E-state index in [1.807, 2.05) is 27.0 Å². The molecule has 0 aromatic carbocycles. The summed E-state index contributed by atoms with van der Waals surface area (Å²) in [5.41, 5.74) is 1.36. The van der Waals surface area contributed by atoms with E-state index in [2.05, 4.69) is 18.8 Å². The van der Waals surface area contributed by atoms with Gasteiger partial charge in [0.2, 0.25) is 0 Å². The van der Waals surface area contributed by atoms with Gasteiger partial charge in [0.25, 0.3) is 0 Å². The maximum Gasteiger partial charge on any atom is 0.0252 e. The van der Waals surface area contributed by atoms with Crippen molar-refractivity contribution in [2.24, 2.45) is 4.99 Å². The Bertz CT molecular complexity index is 112. The lowest BCUT2D eigenvalue weighted by atomic mass is 10.2. The molecule has 0 aliphatic rings. The molecule has 0 radical (unpaired) electrons. The summed E-state index contributed by atoms with van der Waals surface area (Å²) in [5, 5.41) is 0. The molecule has 0 heterocycles. The third-order valence-corrected chi connectivity index (χ3v) is 1.09. The van der Waals surface area contributed by atoms with Crippen molar-refractivity contribution in [3.63, 3.8) is 0 Å². The van der Waals surface area contributed by atoms with Gasteiger partial charge in [-0.3, -0.25) is 4.99 Å². The van der Waals surface area contributed by atoms with Crippen LogP contribution in [0.25, 0.3) is 0 Å². The average molecular weight is 155 g/mol. The molecule has 1 heteroatoms. The van der Waals surface area contributed by atoms with Crippen LogP contribution in [0.5, 0.6) is 0 Å². The number of hydrogen-bond acceptors (Lipinski definition) is 1. The second-order valence-electron chi connectivity index (χ2n) is 2.13.